The van der Waals surface area contributed by atoms with Gasteiger partial charge < -0.3 is 35.0 Å². The Bertz CT molecular complexity index is 1930. The molecule has 0 spiro atoms. The Labute approximate surface area is 346 Å². The number of benzene rings is 6. The zero-order valence-corrected chi connectivity index (χ0v) is 35.0. The van der Waals surface area contributed by atoms with Crippen molar-refractivity contribution >= 4 is 23.8 Å². The number of rotatable bonds is 8. The van der Waals surface area contributed by atoms with Crippen molar-refractivity contribution in [2.24, 2.45) is 9.98 Å². The van der Waals surface area contributed by atoms with Gasteiger partial charge in [0, 0.05) is 45.5 Å². The average Bonchev–Trinajstić information content (AvgIpc) is 3.13. The van der Waals surface area contributed by atoms with Crippen LogP contribution in [-0.4, -0.2) is 22.6 Å². The van der Waals surface area contributed by atoms with Crippen molar-refractivity contribution in [1.82, 2.24) is 0 Å². The summed E-state index contributed by atoms with van der Waals surface area (Å²) < 4.78 is 0. The van der Waals surface area contributed by atoms with Crippen LogP contribution in [0.1, 0.15) is 72.2 Å². The van der Waals surface area contributed by atoms with Crippen molar-refractivity contribution in [1.29, 1.82) is 0 Å². The number of hydrogen-bond acceptors (Lipinski definition) is 4. The summed E-state index contributed by atoms with van der Waals surface area (Å²) in [6.45, 7) is 12.6. The van der Waals surface area contributed by atoms with E-state index in [1.165, 1.54) is 11.1 Å². The maximum absolute atomic E-state index is 10.9. The molecule has 0 aliphatic carbocycles. The number of aryl methyl sites for hydroxylation is 2. The summed E-state index contributed by atoms with van der Waals surface area (Å²) in [4.78, 5) is 8.98. The van der Waals surface area contributed by atoms with Crippen LogP contribution in [0.15, 0.2) is 156 Å². The molecule has 0 unspecified atom stereocenters. The van der Waals surface area contributed by atoms with E-state index in [4.69, 9.17) is 0 Å². The van der Waals surface area contributed by atoms with Crippen LogP contribution in [0.3, 0.4) is 0 Å². The van der Waals surface area contributed by atoms with Crippen LogP contribution in [0.4, 0.5) is 11.4 Å². The fraction of sp³-hybridized carbons (Fsp3) is 0.174. The first-order chi connectivity index (χ1) is 24.0. The summed E-state index contributed by atoms with van der Waals surface area (Å²) in [5.74, 6) is 0.582. The third-order valence-electron chi connectivity index (χ3n) is 9.12. The fourth-order valence-corrected chi connectivity index (χ4v) is 6.10. The van der Waals surface area contributed by atoms with Gasteiger partial charge in [-0.1, -0.05) is 137 Å². The van der Waals surface area contributed by atoms with Crippen molar-refractivity contribution in [3.05, 3.63) is 190 Å². The molecular formula is C46H46Cl2N2O2Zr. The van der Waals surface area contributed by atoms with Gasteiger partial charge in [-0.15, -0.1) is 0 Å². The molecule has 0 aromatic heterocycles. The van der Waals surface area contributed by atoms with Crippen LogP contribution >= 0.6 is 0 Å². The summed E-state index contributed by atoms with van der Waals surface area (Å²) in [6, 6.07) is 48.1. The quantitative estimate of drug-likeness (QED) is 0.198. The second-order valence-corrected chi connectivity index (χ2v) is 13.7. The van der Waals surface area contributed by atoms with Gasteiger partial charge in [0.2, 0.25) is 0 Å². The van der Waals surface area contributed by atoms with E-state index in [0.717, 1.165) is 44.8 Å². The SMILES string of the molecule is Cc1cc(C=Nc2ccccc2)c(O)c(C(C)(C)c2ccccc2)c1.Cc1cc(C=Nc2ccccc2)c(O)c(C(C)(C)c2ccccc2)c1.[Cl-].[Cl-].[Zr+2]. The predicted octanol–water partition coefficient (Wildman–Crippen LogP) is 5.56. The zero-order chi connectivity index (χ0) is 35.7. The normalized spacial score (nSPS) is 11.1. The Morgan fingerprint density at radius 2 is 0.736 bits per heavy atom. The molecule has 0 saturated heterocycles. The molecule has 0 saturated carbocycles. The van der Waals surface area contributed by atoms with Gasteiger partial charge >= 0.3 is 26.2 Å². The minimum absolute atomic E-state index is 0. The van der Waals surface area contributed by atoms with Crippen molar-refractivity contribution in [2.45, 2.75) is 52.4 Å². The molecule has 6 aromatic carbocycles. The molecule has 0 atom stereocenters. The molecule has 0 fully saturated rings. The Balaban J connectivity index is 0.000000347. The number of halogens is 2. The summed E-state index contributed by atoms with van der Waals surface area (Å²) >= 11 is 0. The Kier molecular flexibility index (Phi) is 17.2. The van der Waals surface area contributed by atoms with E-state index in [-0.39, 0.29) is 61.8 Å². The number of para-hydroxylation sites is 2. The number of aliphatic imine (C=N–C) groups is 2. The van der Waals surface area contributed by atoms with E-state index < -0.39 is 0 Å². The summed E-state index contributed by atoms with van der Waals surface area (Å²) in [6.07, 6.45) is 3.48. The first-order valence-electron chi connectivity index (χ1n) is 16.9. The van der Waals surface area contributed by atoms with Gasteiger partial charge in [0.1, 0.15) is 11.5 Å². The van der Waals surface area contributed by atoms with E-state index in [1.807, 2.05) is 123 Å². The Morgan fingerprint density at radius 3 is 1.04 bits per heavy atom. The van der Waals surface area contributed by atoms with E-state index in [2.05, 4.69) is 74.1 Å². The number of hydrogen-bond donors (Lipinski definition) is 2. The van der Waals surface area contributed by atoms with Gasteiger partial charge in [-0.2, -0.15) is 0 Å². The van der Waals surface area contributed by atoms with Gasteiger partial charge in [0.25, 0.3) is 0 Å². The third-order valence-corrected chi connectivity index (χ3v) is 9.12. The maximum Gasteiger partial charge on any atom is 2.00 e. The van der Waals surface area contributed by atoms with Crippen molar-refractivity contribution in [3.63, 3.8) is 0 Å². The van der Waals surface area contributed by atoms with Crippen LogP contribution in [-0.2, 0) is 37.0 Å². The van der Waals surface area contributed by atoms with Gasteiger partial charge in [0.15, 0.2) is 0 Å². The van der Waals surface area contributed by atoms with Crippen LogP contribution in [0.2, 0.25) is 0 Å². The van der Waals surface area contributed by atoms with Crippen molar-refractivity contribution < 1.29 is 61.2 Å². The predicted molar refractivity (Wildman–Crippen MR) is 210 cm³/mol. The fourth-order valence-electron chi connectivity index (χ4n) is 6.10. The van der Waals surface area contributed by atoms with Gasteiger partial charge in [0.05, 0.1) is 11.4 Å². The minimum atomic E-state index is -0.299. The van der Waals surface area contributed by atoms with Crippen molar-refractivity contribution in [2.75, 3.05) is 0 Å². The van der Waals surface area contributed by atoms with Crippen LogP contribution in [0.25, 0.3) is 0 Å². The molecule has 0 aliphatic rings. The van der Waals surface area contributed by atoms with Gasteiger partial charge in [-0.05, 0) is 72.5 Å². The first kappa shape index (κ1) is 44.9. The molecule has 6 rings (SSSR count). The number of phenolic OH excluding ortho intramolecular Hbond substituents is 2. The third kappa shape index (κ3) is 11.4. The molecular weight excluding hydrogens is 775 g/mol. The van der Waals surface area contributed by atoms with Gasteiger partial charge in [-0.25, -0.2) is 0 Å². The monoisotopic (exact) mass is 818 g/mol. The van der Waals surface area contributed by atoms with Crippen molar-refractivity contribution in [3.8, 4) is 11.5 Å². The summed E-state index contributed by atoms with van der Waals surface area (Å²) in [5.41, 5.74) is 8.98. The number of aromatic hydroxyl groups is 2. The average molecular weight is 821 g/mol. The van der Waals surface area contributed by atoms with E-state index in [0.29, 0.717) is 11.5 Å². The topological polar surface area (TPSA) is 65.2 Å². The second kappa shape index (κ2) is 20.3. The molecule has 0 radical (unpaired) electrons. The van der Waals surface area contributed by atoms with Gasteiger partial charge in [-0.3, -0.25) is 9.98 Å². The molecule has 0 aliphatic heterocycles. The molecule has 6 aromatic rings. The van der Waals surface area contributed by atoms with E-state index in [9.17, 15) is 10.2 Å². The number of phenols is 2. The van der Waals surface area contributed by atoms with E-state index >= 15 is 0 Å². The standard InChI is InChI=1S/2C23H23NO.2ClH.Zr/c2*1-17-14-18(16-24-20-12-8-5-9-13-20)22(25)21(15-17)23(2,3)19-10-6-4-7-11-19;;;/h2*4-16,25H,1-3H3;2*1H;/q;;;;+2/p-2. The van der Waals surface area contributed by atoms with Crippen LogP contribution < -0.4 is 24.8 Å². The molecule has 7 heteroatoms. The Morgan fingerprint density at radius 1 is 0.453 bits per heavy atom. The molecule has 0 heterocycles. The molecule has 2 N–H and O–H groups in total. The smallest absolute Gasteiger partial charge is 1.00 e. The largest absolute Gasteiger partial charge is 2.00 e. The number of nitrogens with zero attached hydrogens (tertiary/aromatic N) is 2. The van der Waals surface area contributed by atoms with Crippen LogP contribution in [0.5, 0.6) is 11.5 Å². The van der Waals surface area contributed by atoms with E-state index in [1.54, 1.807) is 12.4 Å². The minimum Gasteiger partial charge on any atom is -1.00 e. The molecule has 0 bridgehead atoms. The maximum atomic E-state index is 10.9. The molecule has 270 valence electrons. The molecule has 53 heavy (non-hydrogen) atoms. The Hall–Kier alpha value is -4.28. The molecule has 4 nitrogen and oxygen atoms in total. The summed E-state index contributed by atoms with van der Waals surface area (Å²) in [7, 11) is 0. The molecule has 0 amide bonds. The second-order valence-electron chi connectivity index (χ2n) is 13.7. The summed E-state index contributed by atoms with van der Waals surface area (Å²) in [5, 5.41) is 21.8. The first-order valence-corrected chi connectivity index (χ1v) is 16.9. The van der Waals surface area contributed by atoms with Crippen LogP contribution in [0, 0.1) is 13.8 Å². The zero-order valence-electron chi connectivity index (χ0n) is 31.1.